The summed E-state index contributed by atoms with van der Waals surface area (Å²) in [6.07, 6.45) is -4.39. The van der Waals surface area contributed by atoms with Crippen molar-refractivity contribution in [3.05, 3.63) is 95.8 Å². The molecular weight excluding hydrogens is 414 g/mol. The molecule has 0 aliphatic carbocycles. The first-order valence-electron chi connectivity index (χ1n) is 8.97. The van der Waals surface area contributed by atoms with Crippen LogP contribution < -0.4 is 0 Å². The molecule has 1 aromatic heterocycles. The van der Waals surface area contributed by atoms with E-state index in [1.807, 2.05) is 34.9 Å². The average molecular weight is 429 g/mol. The van der Waals surface area contributed by atoms with Crippen LogP contribution in [0.1, 0.15) is 11.1 Å². The summed E-state index contributed by atoms with van der Waals surface area (Å²) >= 11 is 1.28. The third-order valence-electron chi connectivity index (χ3n) is 4.37. The molecule has 8 heteroatoms. The summed E-state index contributed by atoms with van der Waals surface area (Å²) in [4.78, 5) is 0. The highest BCUT2D eigenvalue weighted by Gasteiger charge is 2.30. The number of nitrogens with zero attached hydrogens (tertiary/aromatic N) is 3. The molecule has 0 bridgehead atoms. The Kier molecular flexibility index (Phi) is 5.59. The van der Waals surface area contributed by atoms with Gasteiger partial charge < -0.3 is 0 Å². The maximum absolute atomic E-state index is 13.3. The van der Waals surface area contributed by atoms with Crippen LogP contribution in [-0.2, 0) is 11.9 Å². The third kappa shape index (κ3) is 4.38. The van der Waals surface area contributed by atoms with Crippen molar-refractivity contribution in [3.63, 3.8) is 0 Å². The highest BCUT2D eigenvalue weighted by Crippen LogP contribution is 2.33. The van der Waals surface area contributed by atoms with Crippen LogP contribution in [-0.4, -0.2) is 14.8 Å². The summed E-state index contributed by atoms with van der Waals surface area (Å²) in [5.41, 5.74) is 1.32. The number of aromatic nitrogens is 3. The SMILES string of the molecule is Fc1ccc(-c2nnc(SCc3cccc(C(F)(F)F)c3)n2-c2ccccc2)cc1. The van der Waals surface area contributed by atoms with E-state index in [0.717, 1.165) is 17.8 Å². The molecule has 30 heavy (non-hydrogen) atoms. The van der Waals surface area contributed by atoms with Gasteiger partial charge in [-0.15, -0.1) is 10.2 Å². The molecule has 0 saturated carbocycles. The first-order chi connectivity index (χ1) is 14.4. The largest absolute Gasteiger partial charge is 0.416 e. The zero-order chi connectivity index (χ0) is 21.1. The van der Waals surface area contributed by atoms with E-state index in [2.05, 4.69) is 10.2 Å². The molecule has 0 saturated heterocycles. The number of halogens is 4. The number of rotatable bonds is 5. The summed E-state index contributed by atoms with van der Waals surface area (Å²) in [6.45, 7) is 0. The van der Waals surface area contributed by atoms with Gasteiger partial charge in [-0.3, -0.25) is 4.57 Å². The molecule has 0 radical (unpaired) electrons. The molecule has 0 amide bonds. The highest BCUT2D eigenvalue weighted by atomic mass is 32.2. The van der Waals surface area contributed by atoms with Gasteiger partial charge in [-0.1, -0.05) is 48.2 Å². The number of hydrogen-bond acceptors (Lipinski definition) is 3. The van der Waals surface area contributed by atoms with Crippen molar-refractivity contribution in [2.24, 2.45) is 0 Å². The van der Waals surface area contributed by atoms with E-state index >= 15 is 0 Å². The van der Waals surface area contributed by atoms with Gasteiger partial charge in [0, 0.05) is 17.0 Å². The van der Waals surface area contributed by atoms with E-state index in [-0.39, 0.29) is 11.6 Å². The van der Waals surface area contributed by atoms with E-state index < -0.39 is 11.7 Å². The van der Waals surface area contributed by atoms with Crippen molar-refractivity contribution in [2.45, 2.75) is 17.1 Å². The zero-order valence-corrected chi connectivity index (χ0v) is 16.3. The smallest absolute Gasteiger partial charge is 0.270 e. The lowest BCUT2D eigenvalue weighted by Gasteiger charge is -2.11. The maximum atomic E-state index is 13.3. The van der Waals surface area contributed by atoms with Crippen LogP contribution >= 0.6 is 11.8 Å². The van der Waals surface area contributed by atoms with Gasteiger partial charge in [0.05, 0.1) is 5.56 Å². The van der Waals surface area contributed by atoms with Crippen LogP contribution in [0.2, 0.25) is 0 Å². The van der Waals surface area contributed by atoms with E-state index in [0.29, 0.717) is 22.1 Å². The molecule has 152 valence electrons. The third-order valence-corrected chi connectivity index (χ3v) is 5.37. The Bertz CT molecular complexity index is 1140. The first-order valence-corrected chi connectivity index (χ1v) is 9.96. The van der Waals surface area contributed by atoms with Crippen molar-refractivity contribution >= 4 is 11.8 Å². The molecule has 1 heterocycles. The molecule has 0 fully saturated rings. The average Bonchev–Trinajstić information content (AvgIpc) is 3.17. The minimum atomic E-state index is -4.39. The van der Waals surface area contributed by atoms with Gasteiger partial charge in [0.15, 0.2) is 11.0 Å². The number of alkyl halides is 3. The van der Waals surface area contributed by atoms with Gasteiger partial charge in [0.25, 0.3) is 0 Å². The standard InChI is InChI=1S/C22H15F4N3S/c23-18-11-9-16(10-12-18)20-27-28-21(29(20)19-7-2-1-3-8-19)30-14-15-5-4-6-17(13-15)22(24,25)26/h1-13H,14H2. The fourth-order valence-electron chi connectivity index (χ4n) is 2.94. The van der Waals surface area contributed by atoms with Crippen molar-refractivity contribution in [1.29, 1.82) is 0 Å². The predicted molar refractivity (Wildman–Crippen MR) is 108 cm³/mol. The summed E-state index contributed by atoms with van der Waals surface area (Å²) in [7, 11) is 0. The fourth-order valence-corrected chi connectivity index (χ4v) is 3.84. The van der Waals surface area contributed by atoms with Crippen LogP contribution in [0.4, 0.5) is 17.6 Å². The molecule has 4 aromatic rings. The number of para-hydroxylation sites is 1. The molecule has 4 rings (SSSR count). The topological polar surface area (TPSA) is 30.7 Å². The second kappa shape index (κ2) is 8.31. The van der Waals surface area contributed by atoms with E-state index in [1.165, 1.54) is 30.0 Å². The number of benzene rings is 3. The lowest BCUT2D eigenvalue weighted by Crippen LogP contribution is -2.05. The van der Waals surface area contributed by atoms with Crippen LogP contribution in [0.15, 0.2) is 84.0 Å². The molecule has 0 spiro atoms. The molecule has 0 aliphatic rings. The first kappa shape index (κ1) is 20.2. The Morgan fingerprint density at radius 3 is 2.27 bits per heavy atom. The maximum Gasteiger partial charge on any atom is 0.416 e. The Morgan fingerprint density at radius 1 is 0.833 bits per heavy atom. The van der Waals surface area contributed by atoms with Crippen LogP contribution in [0.3, 0.4) is 0 Å². The molecule has 0 atom stereocenters. The quantitative estimate of drug-likeness (QED) is 0.272. The minimum Gasteiger partial charge on any atom is -0.270 e. The molecular formula is C22H15F4N3S. The van der Waals surface area contributed by atoms with E-state index in [1.54, 1.807) is 18.2 Å². The van der Waals surface area contributed by atoms with Gasteiger partial charge in [0.2, 0.25) is 0 Å². The summed E-state index contributed by atoms with van der Waals surface area (Å²) < 4.78 is 54.1. The predicted octanol–water partition coefficient (Wildman–Crippen LogP) is 6.38. The lowest BCUT2D eigenvalue weighted by molar-refractivity contribution is -0.137. The molecule has 3 nitrogen and oxygen atoms in total. The summed E-state index contributed by atoms with van der Waals surface area (Å²) in [5.74, 6) is 0.453. The second-order valence-corrected chi connectivity index (χ2v) is 7.41. The van der Waals surface area contributed by atoms with Gasteiger partial charge in [-0.25, -0.2) is 4.39 Å². The molecule has 3 aromatic carbocycles. The normalized spacial score (nSPS) is 11.6. The van der Waals surface area contributed by atoms with E-state index in [9.17, 15) is 17.6 Å². The van der Waals surface area contributed by atoms with Crippen molar-refractivity contribution in [1.82, 2.24) is 14.8 Å². The Labute approximate surface area is 174 Å². The van der Waals surface area contributed by atoms with E-state index in [4.69, 9.17) is 0 Å². The molecule has 0 unspecified atom stereocenters. The van der Waals surface area contributed by atoms with Gasteiger partial charge in [-0.05, 0) is 48.0 Å². The van der Waals surface area contributed by atoms with Crippen molar-refractivity contribution in [2.75, 3.05) is 0 Å². The highest BCUT2D eigenvalue weighted by molar-refractivity contribution is 7.98. The monoisotopic (exact) mass is 429 g/mol. The lowest BCUT2D eigenvalue weighted by atomic mass is 10.1. The van der Waals surface area contributed by atoms with Crippen LogP contribution in [0, 0.1) is 5.82 Å². The van der Waals surface area contributed by atoms with Crippen LogP contribution in [0.25, 0.3) is 17.1 Å². The Morgan fingerprint density at radius 2 is 1.57 bits per heavy atom. The van der Waals surface area contributed by atoms with Crippen molar-refractivity contribution in [3.8, 4) is 17.1 Å². The summed E-state index contributed by atoms with van der Waals surface area (Å²) in [6, 6.07) is 20.5. The number of thioether (sulfide) groups is 1. The minimum absolute atomic E-state index is 0.290. The van der Waals surface area contributed by atoms with Gasteiger partial charge >= 0.3 is 6.18 Å². The van der Waals surface area contributed by atoms with Crippen LogP contribution in [0.5, 0.6) is 0 Å². The van der Waals surface area contributed by atoms with Crippen molar-refractivity contribution < 1.29 is 17.6 Å². The van der Waals surface area contributed by atoms with Gasteiger partial charge in [0.1, 0.15) is 5.82 Å². The Hall–Kier alpha value is -3.13. The zero-order valence-electron chi connectivity index (χ0n) is 15.5. The summed E-state index contributed by atoms with van der Waals surface area (Å²) in [5, 5.41) is 9.01. The van der Waals surface area contributed by atoms with Gasteiger partial charge in [-0.2, -0.15) is 13.2 Å². The molecule has 0 aliphatic heterocycles. The number of hydrogen-bond donors (Lipinski definition) is 0. The second-order valence-electron chi connectivity index (χ2n) is 6.47. The fraction of sp³-hybridized carbons (Fsp3) is 0.0909. The Balaban J connectivity index is 1.68. The molecule has 0 N–H and O–H groups in total.